The van der Waals surface area contributed by atoms with Gasteiger partial charge in [0.1, 0.15) is 0 Å². The summed E-state index contributed by atoms with van der Waals surface area (Å²) >= 11 is 12.0. The summed E-state index contributed by atoms with van der Waals surface area (Å²) in [7, 11) is 0. The van der Waals surface area contributed by atoms with Crippen molar-refractivity contribution in [3.05, 3.63) is 58.0 Å². The monoisotopic (exact) mass is 304 g/mol. The van der Waals surface area contributed by atoms with Gasteiger partial charge in [-0.3, -0.25) is 4.40 Å². The molecular weight excluding hydrogens is 295 g/mol. The summed E-state index contributed by atoms with van der Waals surface area (Å²) in [5.41, 5.74) is 8.01. The molecule has 0 aliphatic carbocycles. The second-order valence-electron chi connectivity index (χ2n) is 4.25. The van der Waals surface area contributed by atoms with E-state index in [1.54, 1.807) is 24.4 Å². The fourth-order valence-electron chi connectivity index (χ4n) is 1.84. The molecule has 0 aliphatic heterocycles. The summed E-state index contributed by atoms with van der Waals surface area (Å²) in [6.45, 7) is 0. The van der Waals surface area contributed by atoms with E-state index < -0.39 is 0 Å². The highest BCUT2D eigenvalue weighted by Crippen LogP contribution is 2.22. The Morgan fingerprint density at radius 2 is 1.90 bits per heavy atom. The van der Waals surface area contributed by atoms with Gasteiger partial charge in [-0.15, -0.1) is 10.2 Å². The van der Waals surface area contributed by atoms with Gasteiger partial charge in [0.2, 0.25) is 0 Å². The number of aromatic nitrogens is 3. The number of halogens is 2. The van der Waals surface area contributed by atoms with Gasteiger partial charge in [0.15, 0.2) is 11.5 Å². The van der Waals surface area contributed by atoms with Crippen LogP contribution in [-0.4, -0.2) is 14.6 Å². The first-order valence-corrected chi connectivity index (χ1v) is 6.62. The molecule has 2 aromatic heterocycles. The number of hydrogen-bond donors (Lipinski definition) is 1. The van der Waals surface area contributed by atoms with E-state index in [-0.39, 0.29) is 0 Å². The maximum absolute atomic E-state index is 6.11. The molecule has 6 heteroatoms. The first kappa shape index (κ1) is 13.0. The van der Waals surface area contributed by atoms with E-state index in [0.29, 0.717) is 21.6 Å². The van der Waals surface area contributed by atoms with Crippen molar-refractivity contribution in [1.82, 2.24) is 14.6 Å². The van der Waals surface area contributed by atoms with E-state index in [1.807, 2.05) is 28.7 Å². The predicted octanol–water partition coefficient (Wildman–Crippen LogP) is 3.79. The minimum Gasteiger partial charge on any atom is -0.398 e. The molecule has 4 nitrogen and oxygen atoms in total. The molecule has 0 amide bonds. The number of fused-ring (bicyclic) bond motifs is 1. The normalized spacial score (nSPS) is 11.5. The molecule has 3 aromatic rings. The molecule has 0 bridgehead atoms. The summed E-state index contributed by atoms with van der Waals surface area (Å²) in [6, 6.07) is 8.93. The molecule has 0 saturated heterocycles. The van der Waals surface area contributed by atoms with Gasteiger partial charge in [-0.2, -0.15) is 0 Å². The third-order valence-corrected chi connectivity index (χ3v) is 3.39. The van der Waals surface area contributed by atoms with Crippen molar-refractivity contribution in [1.29, 1.82) is 0 Å². The van der Waals surface area contributed by atoms with Crippen LogP contribution in [-0.2, 0) is 0 Å². The number of nitrogen functional groups attached to an aromatic ring is 1. The van der Waals surface area contributed by atoms with E-state index in [9.17, 15) is 0 Å². The molecule has 2 N–H and O–H groups in total. The van der Waals surface area contributed by atoms with E-state index in [1.165, 1.54) is 0 Å². The zero-order valence-corrected chi connectivity index (χ0v) is 11.8. The molecule has 0 radical (unpaired) electrons. The maximum Gasteiger partial charge on any atom is 0.161 e. The molecule has 0 unspecified atom stereocenters. The molecule has 2 heterocycles. The molecule has 100 valence electrons. The molecular formula is C14H10Cl2N4. The van der Waals surface area contributed by atoms with Gasteiger partial charge in [-0.05, 0) is 42.0 Å². The highest BCUT2D eigenvalue weighted by Gasteiger charge is 2.03. The molecule has 1 aromatic carbocycles. The van der Waals surface area contributed by atoms with Gasteiger partial charge >= 0.3 is 0 Å². The number of anilines is 1. The Morgan fingerprint density at radius 3 is 2.70 bits per heavy atom. The average Bonchev–Trinajstić information content (AvgIpc) is 2.80. The largest absolute Gasteiger partial charge is 0.398 e. The van der Waals surface area contributed by atoms with Gasteiger partial charge < -0.3 is 5.73 Å². The zero-order valence-electron chi connectivity index (χ0n) is 10.3. The van der Waals surface area contributed by atoms with E-state index >= 15 is 0 Å². The van der Waals surface area contributed by atoms with Crippen LogP contribution in [0, 0.1) is 0 Å². The second-order valence-corrected chi connectivity index (χ2v) is 5.09. The number of pyridine rings is 1. The summed E-state index contributed by atoms with van der Waals surface area (Å²) in [5, 5.41) is 9.35. The summed E-state index contributed by atoms with van der Waals surface area (Å²) in [5.74, 6) is 0.679. The summed E-state index contributed by atoms with van der Waals surface area (Å²) in [6.07, 6.45) is 5.46. The van der Waals surface area contributed by atoms with Crippen molar-refractivity contribution in [2.75, 3.05) is 5.73 Å². The molecule has 3 rings (SSSR count). The number of rotatable bonds is 2. The Bertz CT molecular complexity index is 808. The SMILES string of the molecule is Nc1ccc2nnc(/C=C/c3ccc(Cl)cc3Cl)n2c1. The lowest BCUT2D eigenvalue weighted by Gasteiger charge is -1.99. The summed E-state index contributed by atoms with van der Waals surface area (Å²) in [4.78, 5) is 0. The van der Waals surface area contributed by atoms with Crippen molar-refractivity contribution >= 4 is 46.7 Å². The Kier molecular flexibility index (Phi) is 3.34. The fraction of sp³-hybridized carbons (Fsp3) is 0. The number of nitrogens with two attached hydrogens (primary N) is 1. The van der Waals surface area contributed by atoms with Crippen LogP contribution in [0.2, 0.25) is 10.0 Å². The zero-order chi connectivity index (χ0) is 14.1. The van der Waals surface area contributed by atoms with Crippen LogP contribution in [0.1, 0.15) is 11.4 Å². The minimum atomic E-state index is 0.585. The van der Waals surface area contributed by atoms with Gasteiger partial charge in [0, 0.05) is 21.9 Å². The van der Waals surface area contributed by atoms with Crippen molar-refractivity contribution in [3.63, 3.8) is 0 Å². The molecule has 0 atom stereocenters. The smallest absolute Gasteiger partial charge is 0.161 e. The highest BCUT2D eigenvalue weighted by atomic mass is 35.5. The third kappa shape index (κ3) is 2.48. The fourth-order valence-corrected chi connectivity index (χ4v) is 2.31. The number of hydrogen-bond acceptors (Lipinski definition) is 3. The van der Waals surface area contributed by atoms with E-state index in [0.717, 1.165) is 11.2 Å². The summed E-state index contributed by atoms with van der Waals surface area (Å²) < 4.78 is 1.82. The lowest BCUT2D eigenvalue weighted by Crippen LogP contribution is -1.92. The highest BCUT2D eigenvalue weighted by molar-refractivity contribution is 6.35. The molecule has 0 fully saturated rings. The van der Waals surface area contributed by atoms with Gasteiger partial charge in [0.25, 0.3) is 0 Å². The van der Waals surface area contributed by atoms with Crippen LogP contribution in [0.25, 0.3) is 17.8 Å². The van der Waals surface area contributed by atoms with E-state index in [2.05, 4.69) is 10.2 Å². The van der Waals surface area contributed by atoms with Crippen LogP contribution in [0.3, 0.4) is 0 Å². The standard InChI is InChI=1S/C14H10Cl2N4/c15-10-3-1-9(12(16)7-10)2-5-13-18-19-14-6-4-11(17)8-20(13)14/h1-8H,17H2/b5-2+. The van der Waals surface area contributed by atoms with Gasteiger partial charge in [-0.1, -0.05) is 29.3 Å². The van der Waals surface area contributed by atoms with Crippen molar-refractivity contribution in [2.45, 2.75) is 0 Å². The van der Waals surface area contributed by atoms with Crippen LogP contribution in [0.5, 0.6) is 0 Å². The van der Waals surface area contributed by atoms with Crippen LogP contribution < -0.4 is 5.73 Å². The molecule has 20 heavy (non-hydrogen) atoms. The van der Waals surface area contributed by atoms with Crippen LogP contribution >= 0.6 is 23.2 Å². The lowest BCUT2D eigenvalue weighted by molar-refractivity contribution is 1.08. The van der Waals surface area contributed by atoms with Crippen LogP contribution in [0.15, 0.2) is 36.5 Å². The quantitative estimate of drug-likeness (QED) is 0.783. The Balaban J connectivity index is 2.00. The topological polar surface area (TPSA) is 56.2 Å². The van der Waals surface area contributed by atoms with Crippen molar-refractivity contribution in [3.8, 4) is 0 Å². The third-order valence-electron chi connectivity index (χ3n) is 2.83. The van der Waals surface area contributed by atoms with Crippen LogP contribution in [0.4, 0.5) is 5.69 Å². The lowest BCUT2D eigenvalue weighted by atomic mass is 10.2. The second kappa shape index (κ2) is 5.15. The molecule has 0 aliphatic rings. The molecule has 0 saturated carbocycles. The number of nitrogens with zero attached hydrogens (tertiary/aromatic N) is 3. The minimum absolute atomic E-state index is 0.585. The average molecular weight is 305 g/mol. The van der Waals surface area contributed by atoms with Gasteiger partial charge in [0.05, 0.1) is 0 Å². The van der Waals surface area contributed by atoms with E-state index in [4.69, 9.17) is 28.9 Å². The predicted molar refractivity (Wildman–Crippen MR) is 82.8 cm³/mol. The van der Waals surface area contributed by atoms with Crippen molar-refractivity contribution < 1.29 is 0 Å². The molecule has 0 spiro atoms. The Labute approximate surface area is 125 Å². The van der Waals surface area contributed by atoms with Crippen molar-refractivity contribution in [2.24, 2.45) is 0 Å². The Morgan fingerprint density at radius 1 is 1.05 bits per heavy atom. The first-order chi connectivity index (χ1) is 9.63. The number of benzene rings is 1. The first-order valence-electron chi connectivity index (χ1n) is 5.87. The maximum atomic E-state index is 6.11. The Hall–Kier alpha value is -2.04. The van der Waals surface area contributed by atoms with Gasteiger partial charge in [-0.25, -0.2) is 0 Å².